The van der Waals surface area contributed by atoms with Gasteiger partial charge in [0.1, 0.15) is 11.5 Å². The van der Waals surface area contributed by atoms with Gasteiger partial charge in [0.25, 0.3) is 0 Å². The molecule has 2 N–H and O–H groups in total. The van der Waals surface area contributed by atoms with Gasteiger partial charge in [0.2, 0.25) is 11.8 Å². The van der Waals surface area contributed by atoms with Gasteiger partial charge in [-0.2, -0.15) is 13.2 Å². The summed E-state index contributed by atoms with van der Waals surface area (Å²) in [7, 11) is 0. The van der Waals surface area contributed by atoms with E-state index in [0.29, 0.717) is 17.9 Å². The third-order valence-electron chi connectivity index (χ3n) is 6.38. The van der Waals surface area contributed by atoms with Crippen LogP contribution in [0.1, 0.15) is 50.5 Å². The lowest BCUT2D eigenvalue weighted by molar-refractivity contribution is -0.150. The van der Waals surface area contributed by atoms with Crippen LogP contribution in [0.3, 0.4) is 0 Å². The molecule has 164 valence electrons. The lowest BCUT2D eigenvalue weighted by atomic mass is 9.93. The molecule has 0 aromatic carbocycles. The highest BCUT2D eigenvalue weighted by Gasteiger charge is 2.41. The summed E-state index contributed by atoms with van der Waals surface area (Å²) in [6, 6.07) is 3.50. The summed E-state index contributed by atoms with van der Waals surface area (Å²) >= 11 is 0. The van der Waals surface area contributed by atoms with Crippen LogP contribution in [-0.4, -0.2) is 44.9 Å². The van der Waals surface area contributed by atoms with Gasteiger partial charge in [-0.05, 0) is 55.4 Å². The summed E-state index contributed by atoms with van der Waals surface area (Å²) in [6.07, 6.45) is 1.77. The van der Waals surface area contributed by atoms with Crippen LogP contribution < -0.4 is 5.32 Å². The Balaban J connectivity index is 1.41. The minimum atomic E-state index is -4.33. The molecule has 2 bridgehead atoms. The Hall–Kier alpha value is -2.84. The Bertz CT molecular complexity index is 1070. The fraction of sp³-hybridized carbons (Fsp3) is 0.500. The predicted molar refractivity (Wildman–Crippen MR) is 109 cm³/mol. The minimum Gasteiger partial charge on any atom is -0.346 e. The van der Waals surface area contributed by atoms with Crippen LogP contribution in [0.25, 0.3) is 16.6 Å². The van der Waals surface area contributed by atoms with Gasteiger partial charge in [-0.25, -0.2) is 4.98 Å². The molecule has 2 aliphatic heterocycles. The lowest BCUT2D eigenvalue weighted by Gasteiger charge is -2.34. The number of carbonyl (C=O) groups excluding carboxylic acids is 2. The fourth-order valence-electron chi connectivity index (χ4n) is 4.74. The molecule has 4 heterocycles. The number of nitrogens with zero attached hydrogens (tertiary/aromatic N) is 2. The first-order chi connectivity index (χ1) is 14.8. The third kappa shape index (κ3) is 4.05. The zero-order valence-corrected chi connectivity index (χ0v) is 16.8. The molecule has 3 aliphatic rings. The number of nitrogens with one attached hydrogen (secondary N) is 2. The number of H-pyrrole nitrogens is 1. The normalized spacial score (nSPS) is 23.2. The molecular weight excluding hydrogens is 409 g/mol. The van der Waals surface area contributed by atoms with E-state index >= 15 is 0 Å². The van der Waals surface area contributed by atoms with Crippen LogP contribution in [0.15, 0.2) is 24.4 Å². The summed E-state index contributed by atoms with van der Waals surface area (Å²) < 4.78 is 37.7. The molecular formula is C22H23F3N4O2. The molecule has 0 spiro atoms. The molecule has 31 heavy (non-hydrogen) atoms. The van der Waals surface area contributed by atoms with Gasteiger partial charge in [0.05, 0.1) is 12.5 Å². The van der Waals surface area contributed by atoms with Crippen molar-refractivity contribution in [3.63, 3.8) is 0 Å². The average molecular weight is 432 g/mol. The number of fused-ring (bicyclic) bond motifs is 3. The molecule has 1 aliphatic carbocycles. The lowest BCUT2D eigenvalue weighted by Crippen LogP contribution is -2.43. The van der Waals surface area contributed by atoms with Crippen molar-refractivity contribution in [2.75, 3.05) is 5.32 Å². The first kappa shape index (κ1) is 20.1. The number of anilines is 1. The molecule has 0 radical (unpaired) electrons. The highest BCUT2D eigenvalue weighted by molar-refractivity contribution is 5.97. The number of hydrogen-bond donors (Lipinski definition) is 2. The van der Waals surface area contributed by atoms with E-state index in [0.717, 1.165) is 42.2 Å². The van der Waals surface area contributed by atoms with E-state index < -0.39 is 24.9 Å². The van der Waals surface area contributed by atoms with Crippen LogP contribution in [-0.2, 0) is 9.59 Å². The molecule has 2 atom stereocenters. The Morgan fingerprint density at radius 3 is 2.74 bits per heavy atom. The minimum absolute atomic E-state index is 0.0246. The molecule has 1 saturated carbocycles. The fourth-order valence-corrected chi connectivity index (χ4v) is 4.74. The van der Waals surface area contributed by atoms with Crippen molar-refractivity contribution in [2.45, 2.75) is 63.2 Å². The number of amides is 2. The Labute approximate surface area is 176 Å². The van der Waals surface area contributed by atoms with Crippen molar-refractivity contribution in [2.24, 2.45) is 5.92 Å². The summed E-state index contributed by atoms with van der Waals surface area (Å²) in [5.41, 5.74) is 2.65. The predicted octanol–water partition coefficient (Wildman–Crippen LogP) is 4.40. The molecule has 9 heteroatoms. The summed E-state index contributed by atoms with van der Waals surface area (Å²) in [6.45, 7) is 0. The monoisotopic (exact) mass is 432 g/mol. The highest BCUT2D eigenvalue weighted by atomic mass is 19.4. The van der Waals surface area contributed by atoms with Gasteiger partial charge in [0, 0.05) is 30.0 Å². The zero-order valence-electron chi connectivity index (χ0n) is 16.8. The van der Waals surface area contributed by atoms with Gasteiger partial charge < -0.3 is 15.2 Å². The SMILES string of the molecule is O=C(Nc1cc(C2=CC3CCC(C2)N3C(=O)CCC(F)(F)F)c2cc[nH]c2n1)C1CC1. The van der Waals surface area contributed by atoms with Crippen molar-refractivity contribution in [1.82, 2.24) is 14.9 Å². The van der Waals surface area contributed by atoms with Crippen LogP contribution in [0.2, 0.25) is 0 Å². The van der Waals surface area contributed by atoms with Crippen LogP contribution in [0.4, 0.5) is 19.0 Å². The van der Waals surface area contributed by atoms with Crippen molar-refractivity contribution in [3.05, 3.63) is 30.0 Å². The van der Waals surface area contributed by atoms with Gasteiger partial charge >= 0.3 is 6.18 Å². The van der Waals surface area contributed by atoms with E-state index in [9.17, 15) is 22.8 Å². The second kappa shape index (κ2) is 7.39. The second-order valence-electron chi connectivity index (χ2n) is 8.67. The standard InChI is InChI=1S/C22H23F3N4O2/c23-22(24,25)7-5-19(30)29-14-3-4-15(29)10-13(9-14)17-11-18(28-21(31)12-1-2-12)27-20-16(17)6-8-26-20/h6,8-9,11-12,14-15H,1-5,7,10H2,(H2,26,27,28,31). The smallest absolute Gasteiger partial charge is 0.346 e. The zero-order chi connectivity index (χ0) is 21.8. The Kier molecular flexibility index (Phi) is 4.79. The summed E-state index contributed by atoms with van der Waals surface area (Å²) in [4.78, 5) is 33.9. The first-order valence-corrected chi connectivity index (χ1v) is 10.7. The Morgan fingerprint density at radius 1 is 1.23 bits per heavy atom. The van der Waals surface area contributed by atoms with Crippen LogP contribution >= 0.6 is 0 Å². The number of rotatable bonds is 5. The molecule has 2 aromatic heterocycles. The molecule has 1 saturated heterocycles. The van der Waals surface area contributed by atoms with Crippen LogP contribution in [0, 0.1) is 5.92 Å². The molecule has 2 aromatic rings. The number of alkyl halides is 3. The summed E-state index contributed by atoms with van der Waals surface area (Å²) in [5, 5.41) is 3.82. The van der Waals surface area contributed by atoms with Crippen molar-refractivity contribution < 1.29 is 22.8 Å². The number of pyridine rings is 1. The number of carbonyl (C=O) groups is 2. The topological polar surface area (TPSA) is 78.1 Å². The van der Waals surface area contributed by atoms with E-state index in [1.54, 1.807) is 11.1 Å². The van der Waals surface area contributed by atoms with Crippen molar-refractivity contribution in [3.8, 4) is 0 Å². The number of aromatic nitrogens is 2. The molecule has 2 amide bonds. The number of aromatic amines is 1. The largest absolute Gasteiger partial charge is 0.389 e. The second-order valence-corrected chi connectivity index (χ2v) is 8.67. The third-order valence-corrected chi connectivity index (χ3v) is 6.38. The van der Waals surface area contributed by atoms with Gasteiger partial charge in [-0.3, -0.25) is 9.59 Å². The molecule has 6 nitrogen and oxygen atoms in total. The number of halogens is 3. The van der Waals surface area contributed by atoms with Gasteiger partial charge in [-0.15, -0.1) is 0 Å². The van der Waals surface area contributed by atoms with Gasteiger partial charge in [-0.1, -0.05) is 6.08 Å². The van der Waals surface area contributed by atoms with Crippen LogP contribution in [0.5, 0.6) is 0 Å². The molecule has 2 fully saturated rings. The van der Waals surface area contributed by atoms with E-state index in [2.05, 4.69) is 15.3 Å². The Morgan fingerprint density at radius 2 is 2.03 bits per heavy atom. The van der Waals surface area contributed by atoms with Crippen molar-refractivity contribution in [1.29, 1.82) is 0 Å². The molecule has 2 unspecified atom stereocenters. The van der Waals surface area contributed by atoms with Crippen molar-refractivity contribution >= 4 is 34.2 Å². The average Bonchev–Trinajstić information content (AvgIpc) is 3.41. The van der Waals surface area contributed by atoms with Gasteiger partial charge in [0.15, 0.2) is 0 Å². The van der Waals surface area contributed by atoms with E-state index in [1.807, 2.05) is 18.2 Å². The van der Waals surface area contributed by atoms with E-state index in [-0.39, 0.29) is 23.9 Å². The number of hydrogen-bond acceptors (Lipinski definition) is 3. The highest BCUT2D eigenvalue weighted by Crippen LogP contribution is 2.41. The summed E-state index contributed by atoms with van der Waals surface area (Å²) in [5.74, 6) is 0.0897. The quantitative estimate of drug-likeness (QED) is 0.735. The maximum absolute atomic E-state index is 12.6. The van der Waals surface area contributed by atoms with E-state index in [1.165, 1.54) is 0 Å². The maximum Gasteiger partial charge on any atom is 0.389 e. The van der Waals surface area contributed by atoms with E-state index in [4.69, 9.17) is 0 Å². The molecule has 5 rings (SSSR count). The first-order valence-electron chi connectivity index (χ1n) is 10.7. The maximum atomic E-state index is 12.6.